The van der Waals surface area contributed by atoms with E-state index >= 15 is 0 Å². The number of piperazine rings is 1. The monoisotopic (exact) mass is 560 g/mol. The zero-order valence-corrected chi connectivity index (χ0v) is 23.8. The number of amidine groups is 1. The molecule has 2 aliphatic rings. The average molecular weight is 561 g/mol. The molecule has 8 nitrogen and oxygen atoms in total. The van der Waals surface area contributed by atoms with E-state index in [2.05, 4.69) is 11.4 Å². The molecule has 0 saturated carbocycles. The van der Waals surface area contributed by atoms with Gasteiger partial charge in [0.25, 0.3) is 0 Å². The maximum atomic E-state index is 14.4. The number of aryl methyl sites for hydroxylation is 1. The van der Waals surface area contributed by atoms with Crippen LogP contribution in [0.4, 0.5) is 4.79 Å². The highest BCUT2D eigenvalue weighted by Crippen LogP contribution is 2.45. The molecule has 0 unspecified atom stereocenters. The van der Waals surface area contributed by atoms with Crippen molar-refractivity contribution in [3.8, 4) is 11.5 Å². The summed E-state index contributed by atoms with van der Waals surface area (Å²) in [7, 11) is 1.60. The Morgan fingerprint density at radius 2 is 1.85 bits per heavy atom. The molecule has 1 N–H and O–H groups in total. The highest BCUT2D eigenvalue weighted by atomic mass is 35.5. The third kappa shape index (κ3) is 5.63. The third-order valence-corrected chi connectivity index (χ3v) is 7.22. The van der Waals surface area contributed by atoms with Crippen molar-refractivity contribution in [2.24, 2.45) is 4.99 Å². The molecule has 9 heteroatoms. The van der Waals surface area contributed by atoms with Crippen LogP contribution in [0.3, 0.4) is 0 Å². The second kappa shape index (κ2) is 11.6. The summed E-state index contributed by atoms with van der Waals surface area (Å²) in [5.41, 5.74) is 3.59. The number of carbonyl (C=O) groups excluding carboxylic acids is 2. The van der Waals surface area contributed by atoms with Crippen LogP contribution in [0.2, 0.25) is 5.02 Å². The van der Waals surface area contributed by atoms with Gasteiger partial charge in [0.2, 0.25) is 5.91 Å². The van der Waals surface area contributed by atoms with E-state index in [4.69, 9.17) is 26.1 Å². The number of benzene rings is 3. The van der Waals surface area contributed by atoms with Crippen LogP contribution in [0.25, 0.3) is 0 Å². The summed E-state index contributed by atoms with van der Waals surface area (Å²) >= 11 is 6.24. The minimum Gasteiger partial charge on any atom is -0.497 e. The maximum absolute atomic E-state index is 14.4. The number of amides is 3. The van der Waals surface area contributed by atoms with Gasteiger partial charge in [0, 0.05) is 24.2 Å². The Kier molecular flexibility index (Phi) is 7.98. The SMILES string of the molecule is COc1ccc(C2=N[C@@H](c3ccc(Cl)cc3)[C@@H](c3cccc(C)c3)N2C(=O)N2CCNC(=O)C2)c(OC(C)C)c1. The van der Waals surface area contributed by atoms with Gasteiger partial charge in [-0.25, -0.2) is 4.79 Å². The van der Waals surface area contributed by atoms with Gasteiger partial charge in [-0.3, -0.25) is 14.7 Å². The molecule has 1 saturated heterocycles. The fraction of sp³-hybridized carbons (Fsp3) is 0.323. The van der Waals surface area contributed by atoms with Gasteiger partial charge in [-0.1, -0.05) is 53.6 Å². The van der Waals surface area contributed by atoms with Crippen LogP contribution in [-0.4, -0.2) is 60.4 Å². The van der Waals surface area contributed by atoms with Crippen molar-refractivity contribution < 1.29 is 19.1 Å². The molecule has 0 aliphatic carbocycles. The van der Waals surface area contributed by atoms with Gasteiger partial charge in [0.05, 0.1) is 24.8 Å². The second-order valence-corrected chi connectivity index (χ2v) is 10.7. The predicted octanol–water partition coefficient (Wildman–Crippen LogP) is 5.54. The van der Waals surface area contributed by atoms with E-state index in [9.17, 15) is 9.59 Å². The van der Waals surface area contributed by atoms with Gasteiger partial charge in [-0.15, -0.1) is 0 Å². The molecule has 1 fully saturated rings. The number of urea groups is 1. The molecule has 0 radical (unpaired) electrons. The topological polar surface area (TPSA) is 83.5 Å². The number of carbonyl (C=O) groups is 2. The number of aliphatic imine (C=N–C) groups is 1. The molecule has 5 rings (SSSR count). The van der Waals surface area contributed by atoms with Gasteiger partial charge in [-0.2, -0.15) is 0 Å². The average Bonchev–Trinajstić information content (AvgIpc) is 3.33. The number of hydrogen-bond donors (Lipinski definition) is 1. The molecular weight excluding hydrogens is 528 g/mol. The zero-order chi connectivity index (χ0) is 28.4. The number of ether oxygens (including phenoxy) is 2. The fourth-order valence-electron chi connectivity index (χ4n) is 5.17. The fourth-order valence-corrected chi connectivity index (χ4v) is 5.29. The van der Waals surface area contributed by atoms with Crippen molar-refractivity contribution >= 4 is 29.4 Å². The molecule has 0 aromatic heterocycles. The first kappa shape index (κ1) is 27.5. The first-order chi connectivity index (χ1) is 19.2. The first-order valence-corrected chi connectivity index (χ1v) is 13.7. The van der Waals surface area contributed by atoms with Crippen molar-refractivity contribution in [3.63, 3.8) is 0 Å². The van der Waals surface area contributed by atoms with E-state index in [1.807, 2.05) is 81.4 Å². The lowest BCUT2D eigenvalue weighted by Gasteiger charge is -2.36. The highest BCUT2D eigenvalue weighted by Gasteiger charge is 2.45. The van der Waals surface area contributed by atoms with E-state index in [-0.39, 0.29) is 24.6 Å². The van der Waals surface area contributed by atoms with Gasteiger partial charge in [0.15, 0.2) is 0 Å². The third-order valence-electron chi connectivity index (χ3n) is 6.97. The summed E-state index contributed by atoms with van der Waals surface area (Å²) in [6.07, 6.45) is -0.123. The van der Waals surface area contributed by atoms with Crippen molar-refractivity contribution in [1.29, 1.82) is 0 Å². The Labute approximate surface area is 239 Å². The molecule has 3 aromatic carbocycles. The predicted molar refractivity (Wildman–Crippen MR) is 155 cm³/mol. The van der Waals surface area contributed by atoms with E-state index in [1.54, 1.807) is 16.9 Å². The molecule has 208 valence electrons. The number of rotatable bonds is 6. The Morgan fingerprint density at radius 1 is 1.07 bits per heavy atom. The maximum Gasteiger partial charge on any atom is 0.326 e. The van der Waals surface area contributed by atoms with E-state index < -0.39 is 12.1 Å². The van der Waals surface area contributed by atoms with Crippen LogP contribution in [0.5, 0.6) is 11.5 Å². The minimum atomic E-state index is -0.470. The molecule has 40 heavy (non-hydrogen) atoms. The number of methoxy groups -OCH3 is 1. The Morgan fingerprint density at radius 3 is 2.52 bits per heavy atom. The molecule has 3 aromatic rings. The van der Waals surface area contributed by atoms with Crippen LogP contribution in [0, 0.1) is 6.92 Å². The largest absolute Gasteiger partial charge is 0.497 e. The normalized spacial score (nSPS) is 18.9. The van der Waals surface area contributed by atoms with Gasteiger partial charge in [-0.05, 0) is 56.2 Å². The molecule has 0 spiro atoms. The van der Waals surface area contributed by atoms with Crippen molar-refractivity contribution in [3.05, 3.63) is 94.0 Å². The summed E-state index contributed by atoms with van der Waals surface area (Å²) in [5, 5.41) is 3.42. The van der Waals surface area contributed by atoms with Crippen LogP contribution in [0.1, 0.15) is 48.2 Å². The van der Waals surface area contributed by atoms with Crippen molar-refractivity contribution in [2.45, 2.75) is 39.0 Å². The standard InChI is InChI=1S/C31H33ClN4O4/c1-19(2)40-26-17-24(39-4)12-13-25(26)30-34-28(21-8-10-23(32)11-9-21)29(22-7-5-6-20(3)16-22)36(30)31(38)35-15-14-33-27(37)18-35/h5-13,16-17,19,28-29H,14-15,18H2,1-4H3,(H,33,37)/t28-,29+/m0/s1. The molecule has 3 amide bonds. The van der Waals surface area contributed by atoms with Gasteiger partial charge >= 0.3 is 6.03 Å². The molecular formula is C31H33ClN4O4. The minimum absolute atomic E-state index is 0.0211. The Hall–Kier alpha value is -4.04. The molecule has 0 bridgehead atoms. The Balaban J connectivity index is 1.72. The van der Waals surface area contributed by atoms with Crippen LogP contribution in [0.15, 0.2) is 71.7 Å². The molecule has 2 atom stereocenters. The van der Waals surface area contributed by atoms with Crippen molar-refractivity contribution in [2.75, 3.05) is 26.7 Å². The Bertz CT molecular complexity index is 1440. The first-order valence-electron chi connectivity index (χ1n) is 13.3. The quantitative estimate of drug-likeness (QED) is 0.429. The smallest absolute Gasteiger partial charge is 0.326 e. The van der Waals surface area contributed by atoms with Gasteiger partial charge < -0.3 is 19.7 Å². The number of hydrogen-bond acceptors (Lipinski definition) is 5. The van der Waals surface area contributed by atoms with Gasteiger partial charge in [0.1, 0.15) is 29.9 Å². The zero-order valence-electron chi connectivity index (χ0n) is 23.1. The number of nitrogens with one attached hydrogen (secondary N) is 1. The summed E-state index contributed by atoms with van der Waals surface area (Å²) in [6.45, 7) is 6.69. The lowest BCUT2D eigenvalue weighted by atomic mass is 9.93. The molecule has 2 aliphatic heterocycles. The van der Waals surface area contributed by atoms with Crippen LogP contribution in [-0.2, 0) is 4.79 Å². The summed E-state index contributed by atoms with van der Waals surface area (Å²) < 4.78 is 11.7. The number of nitrogens with zero attached hydrogens (tertiary/aromatic N) is 3. The lowest BCUT2D eigenvalue weighted by molar-refractivity contribution is -0.123. The van der Waals surface area contributed by atoms with Crippen LogP contribution < -0.4 is 14.8 Å². The van der Waals surface area contributed by atoms with Crippen molar-refractivity contribution in [1.82, 2.24) is 15.1 Å². The second-order valence-electron chi connectivity index (χ2n) is 10.3. The molecule has 2 heterocycles. The van der Waals surface area contributed by atoms with E-state index in [1.165, 1.54) is 0 Å². The highest BCUT2D eigenvalue weighted by molar-refractivity contribution is 6.30. The van der Waals surface area contributed by atoms with E-state index in [0.29, 0.717) is 41.0 Å². The lowest BCUT2D eigenvalue weighted by Crippen LogP contribution is -2.55. The van der Waals surface area contributed by atoms with Crippen LogP contribution >= 0.6 is 11.6 Å². The summed E-state index contributed by atoms with van der Waals surface area (Å²) in [5.74, 6) is 1.47. The number of halogens is 1. The summed E-state index contributed by atoms with van der Waals surface area (Å²) in [4.78, 5) is 35.2. The van der Waals surface area contributed by atoms with E-state index in [0.717, 1.165) is 16.7 Å². The summed E-state index contributed by atoms with van der Waals surface area (Å²) in [6, 6.07) is 20.0.